The maximum atomic E-state index is 12.1. The zero-order chi connectivity index (χ0) is 16.2. The Kier molecular flexibility index (Phi) is 5.34. The summed E-state index contributed by atoms with van der Waals surface area (Å²) in [5, 5.41) is 12.0. The second-order valence-electron chi connectivity index (χ2n) is 5.87. The highest BCUT2D eigenvalue weighted by Crippen LogP contribution is 2.29. The van der Waals surface area contributed by atoms with Crippen molar-refractivity contribution in [2.75, 3.05) is 25.9 Å². The lowest BCUT2D eigenvalue weighted by Gasteiger charge is -2.20. The van der Waals surface area contributed by atoms with Crippen LogP contribution in [0.15, 0.2) is 29.2 Å². The second-order valence-corrected chi connectivity index (χ2v) is 6.75. The van der Waals surface area contributed by atoms with Crippen LogP contribution in [0.1, 0.15) is 18.9 Å². The van der Waals surface area contributed by atoms with Gasteiger partial charge in [0.15, 0.2) is 0 Å². The number of hydrogen-bond donors (Lipinski definition) is 2. The third-order valence-electron chi connectivity index (χ3n) is 4.13. The number of likely N-dealkylation sites (tertiary alicyclic amines) is 1. The van der Waals surface area contributed by atoms with Crippen LogP contribution in [0.3, 0.4) is 0 Å². The molecule has 0 aliphatic carbocycles. The molecule has 22 heavy (non-hydrogen) atoms. The lowest BCUT2D eigenvalue weighted by Crippen LogP contribution is -2.41. The van der Waals surface area contributed by atoms with Crippen molar-refractivity contribution in [2.24, 2.45) is 5.41 Å². The summed E-state index contributed by atoms with van der Waals surface area (Å²) in [6, 6.07) is 8.09. The first-order chi connectivity index (χ1) is 10.4. The van der Waals surface area contributed by atoms with Gasteiger partial charge in [-0.2, -0.15) is 0 Å². The van der Waals surface area contributed by atoms with Crippen LogP contribution in [-0.4, -0.2) is 47.9 Å². The Balaban J connectivity index is 1.77. The molecule has 1 aliphatic rings. The number of carbonyl (C=O) groups is 2. The van der Waals surface area contributed by atoms with E-state index < -0.39 is 11.4 Å². The van der Waals surface area contributed by atoms with Crippen LogP contribution >= 0.6 is 11.8 Å². The number of nitrogens with one attached hydrogen (secondary N) is 1. The van der Waals surface area contributed by atoms with E-state index >= 15 is 0 Å². The molecule has 0 bridgehead atoms. The molecule has 0 saturated carbocycles. The van der Waals surface area contributed by atoms with Gasteiger partial charge in [0.1, 0.15) is 0 Å². The van der Waals surface area contributed by atoms with Crippen LogP contribution in [0.5, 0.6) is 0 Å². The molecule has 1 aliphatic heterocycles. The Morgan fingerprint density at radius 1 is 1.36 bits per heavy atom. The van der Waals surface area contributed by atoms with Gasteiger partial charge >= 0.3 is 12.0 Å². The quantitative estimate of drug-likeness (QED) is 0.817. The van der Waals surface area contributed by atoms with Gasteiger partial charge in [-0.15, -0.1) is 11.8 Å². The number of thioether (sulfide) groups is 1. The molecule has 0 spiro atoms. The predicted molar refractivity (Wildman–Crippen MR) is 87.3 cm³/mol. The first-order valence-corrected chi connectivity index (χ1v) is 8.56. The van der Waals surface area contributed by atoms with E-state index in [0.717, 1.165) is 6.42 Å². The van der Waals surface area contributed by atoms with Crippen molar-refractivity contribution >= 4 is 23.8 Å². The van der Waals surface area contributed by atoms with Gasteiger partial charge < -0.3 is 15.3 Å². The third kappa shape index (κ3) is 3.94. The van der Waals surface area contributed by atoms with Gasteiger partial charge in [-0.1, -0.05) is 12.1 Å². The molecular formula is C16H22N2O3S. The summed E-state index contributed by atoms with van der Waals surface area (Å²) >= 11 is 1.70. The number of amides is 2. The Labute approximate surface area is 135 Å². The van der Waals surface area contributed by atoms with Gasteiger partial charge in [0.25, 0.3) is 0 Å². The van der Waals surface area contributed by atoms with Crippen LogP contribution in [0.4, 0.5) is 4.79 Å². The van der Waals surface area contributed by atoms with E-state index in [4.69, 9.17) is 0 Å². The molecular weight excluding hydrogens is 300 g/mol. The summed E-state index contributed by atoms with van der Waals surface area (Å²) in [4.78, 5) is 26.1. The fourth-order valence-corrected chi connectivity index (χ4v) is 2.94. The number of aliphatic carboxylic acids is 1. The van der Waals surface area contributed by atoms with E-state index in [9.17, 15) is 14.7 Å². The lowest BCUT2D eigenvalue weighted by atomic mass is 9.90. The molecule has 0 aromatic heterocycles. The van der Waals surface area contributed by atoms with Crippen molar-refractivity contribution in [1.82, 2.24) is 10.2 Å². The highest BCUT2D eigenvalue weighted by molar-refractivity contribution is 7.98. The van der Waals surface area contributed by atoms with E-state index in [1.54, 1.807) is 23.6 Å². The van der Waals surface area contributed by atoms with Crippen molar-refractivity contribution in [3.05, 3.63) is 29.8 Å². The van der Waals surface area contributed by atoms with Crippen molar-refractivity contribution in [2.45, 2.75) is 24.7 Å². The van der Waals surface area contributed by atoms with Crippen LogP contribution in [0.25, 0.3) is 0 Å². The molecule has 5 nitrogen and oxygen atoms in total. The molecule has 1 unspecified atom stereocenters. The number of carbonyl (C=O) groups excluding carboxylic acids is 1. The number of carboxylic acids is 1. The standard InChI is InChI=1S/C16H22N2O3S/c1-16(14(19)20)8-10-18(11-16)15(21)17-9-7-12-3-5-13(22-2)6-4-12/h3-6H,7-11H2,1-2H3,(H,17,21)(H,19,20). The first-order valence-electron chi connectivity index (χ1n) is 7.34. The van der Waals surface area contributed by atoms with Gasteiger partial charge in [-0.05, 0) is 43.7 Å². The smallest absolute Gasteiger partial charge is 0.317 e. The average molecular weight is 322 g/mol. The normalized spacial score (nSPS) is 20.9. The highest BCUT2D eigenvalue weighted by atomic mass is 32.2. The minimum absolute atomic E-state index is 0.175. The minimum Gasteiger partial charge on any atom is -0.481 e. The van der Waals surface area contributed by atoms with E-state index in [0.29, 0.717) is 19.5 Å². The van der Waals surface area contributed by atoms with E-state index in [1.807, 2.05) is 6.26 Å². The van der Waals surface area contributed by atoms with E-state index in [-0.39, 0.29) is 12.6 Å². The van der Waals surface area contributed by atoms with Crippen LogP contribution in [0, 0.1) is 5.41 Å². The van der Waals surface area contributed by atoms with Gasteiger partial charge in [0.05, 0.1) is 5.41 Å². The second kappa shape index (κ2) is 7.05. The number of benzene rings is 1. The van der Waals surface area contributed by atoms with Crippen molar-refractivity contribution in [1.29, 1.82) is 0 Å². The number of hydrogen-bond acceptors (Lipinski definition) is 3. The number of nitrogens with zero attached hydrogens (tertiary/aromatic N) is 1. The summed E-state index contributed by atoms with van der Waals surface area (Å²) in [5.74, 6) is -0.836. The summed E-state index contributed by atoms with van der Waals surface area (Å²) < 4.78 is 0. The molecule has 2 amide bonds. The number of rotatable bonds is 5. The van der Waals surface area contributed by atoms with E-state index in [1.165, 1.54) is 10.5 Å². The summed E-state index contributed by atoms with van der Waals surface area (Å²) in [6.07, 6.45) is 3.31. The Morgan fingerprint density at radius 2 is 2.05 bits per heavy atom. The number of urea groups is 1. The highest BCUT2D eigenvalue weighted by Gasteiger charge is 2.42. The minimum atomic E-state index is -0.836. The molecule has 120 valence electrons. The average Bonchev–Trinajstić information content (AvgIpc) is 2.92. The fourth-order valence-electron chi connectivity index (χ4n) is 2.53. The molecule has 6 heteroatoms. The Bertz CT molecular complexity index is 547. The molecule has 1 heterocycles. The molecule has 2 N–H and O–H groups in total. The summed E-state index contributed by atoms with van der Waals surface area (Å²) in [7, 11) is 0. The molecule has 1 atom stereocenters. The Hall–Kier alpha value is -1.69. The fraction of sp³-hybridized carbons (Fsp3) is 0.500. The van der Waals surface area contributed by atoms with Gasteiger partial charge in [0, 0.05) is 24.5 Å². The van der Waals surface area contributed by atoms with Gasteiger partial charge in [-0.25, -0.2) is 4.79 Å². The van der Waals surface area contributed by atoms with Crippen LogP contribution < -0.4 is 5.32 Å². The summed E-state index contributed by atoms with van der Waals surface area (Å²) in [6.45, 7) is 3.02. The van der Waals surface area contributed by atoms with Gasteiger partial charge in [-0.3, -0.25) is 4.79 Å². The maximum Gasteiger partial charge on any atom is 0.317 e. The molecule has 2 rings (SSSR count). The molecule has 1 aromatic carbocycles. The topological polar surface area (TPSA) is 69.6 Å². The molecule has 1 fully saturated rings. The molecule has 0 radical (unpaired) electrons. The summed E-state index contributed by atoms with van der Waals surface area (Å²) in [5.41, 5.74) is 0.361. The monoisotopic (exact) mass is 322 g/mol. The SMILES string of the molecule is CSc1ccc(CCNC(=O)N2CCC(C)(C(=O)O)C2)cc1. The third-order valence-corrected chi connectivity index (χ3v) is 4.87. The van der Waals surface area contributed by atoms with Crippen molar-refractivity contribution in [3.63, 3.8) is 0 Å². The number of carboxylic acid groups (broad SMARTS) is 1. The van der Waals surface area contributed by atoms with Crippen LogP contribution in [0.2, 0.25) is 0 Å². The molecule has 1 saturated heterocycles. The van der Waals surface area contributed by atoms with Crippen LogP contribution in [-0.2, 0) is 11.2 Å². The van der Waals surface area contributed by atoms with Gasteiger partial charge in [0.2, 0.25) is 0 Å². The maximum absolute atomic E-state index is 12.1. The Morgan fingerprint density at radius 3 is 2.59 bits per heavy atom. The van der Waals surface area contributed by atoms with E-state index in [2.05, 4.69) is 29.6 Å². The molecule has 1 aromatic rings. The zero-order valence-corrected chi connectivity index (χ0v) is 13.8. The largest absolute Gasteiger partial charge is 0.481 e. The lowest BCUT2D eigenvalue weighted by molar-refractivity contribution is -0.146. The first kappa shape index (κ1) is 16.7. The zero-order valence-electron chi connectivity index (χ0n) is 13.0. The predicted octanol–water partition coefficient (Wildman–Crippen LogP) is 2.46. The van der Waals surface area contributed by atoms with Crippen molar-refractivity contribution < 1.29 is 14.7 Å². The van der Waals surface area contributed by atoms with Crippen molar-refractivity contribution in [3.8, 4) is 0 Å².